The van der Waals surface area contributed by atoms with Crippen LogP contribution in [0.3, 0.4) is 0 Å². The van der Waals surface area contributed by atoms with Gasteiger partial charge in [-0.1, -0.05) is 39.5 Å². The van der Waals surface area contributed by atoms with Gasteiger partial charge in [0.1, 0.15) is 0 Å². The largest absolute Gasteiger partial charge is 0.375 e. The quantitative estimate of drug-likeness (QED) is 0.591. The van der Waals surface area contributed by atoms with Crippen molar-refractivity contribution in [3.8, 4) is 0 Å². The van der Waals surface area contributed by atoms with Gasteiger partial charge in [0.2, 0.25) is 0 Å². The first kappa shape index (κ1) is 14.0. The second kappa shape index (κ2) is 6.64. The maximum absolute atomic E-state index is 6.11. The first-order valence-corrected chi connectivity index (χ1v) is 7.20. The van der Waals surface area contributed by atoms with Crippen molar-refractivity contribution in [2.45, 2.75) is 78.2 Å². The van der Waals surface area contributed by atoms with Crippen molar-refractivity contribution < 1.29 is 4.74 Å². The van der Waals surface area contributed by atoms with Crippen LogP contribution >= 0.6 is 0 Å². The summed E-state index contributed by atoms with van der Waals surface area (Å²) in [6.07, 6.45) is 9.33. The summed E-state index contributed by atoms with van der Waals surface area (Å²) in [7, 11) is 0. The molecule has 1 heteroatoms. The highest BCUT2D eigenvalue weighted by Gasteiger charge is 2.32. The summed E-state index contributed by atoms with van der Waals surface area (Å²) >= 11 is 0. The minimum Gasteiger partial charge on any atom is -0.375 e. The van der Waals surface area contributed by atoms with Crippen molar-refractivity contribution in [1.29, 1.82) is 0 Å². The van der Waals surface area contributed by atoms with Crippen molar-refractivity contribution >= 4 is 0 Å². The third kappa shape index (κ3) is 4.45. The average molecular weight is 226 g/mol. The predicted octanol–water partition coefficient (Wildman–Crippen LogP) is 4.80. The molecule has 0 aromatic heterocycles. The molecule has 1 aliphatic rings. The third-order valence-corrected chi connectivity index (χ3v) is 4.22. The molecule has 0 aromatic carbocycles. The van der Waals surface area contributed by atoms with Crippen LogP contribution in [-0.2, 0) is 4.74 Å². The molecule has 96 valence electrons. The molecule has 1 aliphatic carbocycles. The van der Waals surface area contributed by atoms with Crippen LogP contribution in [0.5, 0.6) is 0 Å². The van der Waals surface area contributed by atoms with E-state index in [0.717, 1.165) is 18.4 Å². The van der Waals surface area contributed by atoms with Crippen molar-refractivity contribution in [3.63, 3.8) is 0 Å². The monoisotopic (exact) mass is 226 g/mol. The molecule has 0 spiro atoms. The van der Waals surface area contributed by atoms with Gasteiger partial charge < -0.3 is 4.74 Å². The smallest absolute Gasteiger partial charge is 0.0654 e. The molecule has 0 unspecified atom stereocenters. The standard InChI is InChI=1S/C15H30O/c1-5-6-7-12-16-15(3,4)14-10-8-13(2)9-11-14/h13-14H,5-12H2,1-4H3. The maximum atomic E-state index is 6.11. The van der Waals surface area contributed by atoms with E-state index in [1.54, 1.807) is 0 Å². The fourth-order valence-corrected chi connectivity index (χ4v) is 2.76. The lowest BCUT2D eigenvalue weighted by atomic mass is 9.75. The molecule has 0 heterocycles. The number of unbranched alkanes of at least 4 members (excludes halogenated alkanes) is 2. The van der Waals surface area contributed by atoms with Crippen molar-refractivity contribution in [3.05, 3.63) is 0 Å². The Morgan fingerprint density at radius 2 is 1.69 bits per heavy atom. The topological polar surface area (TPSA) is 9.23 Å². The summed E-state index contributed by atoms with van der Waals surface area (Å²) in [6, 6.07) is 0. The molecule has 1 fully saturated rings. The van der Waals surface area contributed by atoms with E-state index >= 15 is 0 Å². The molecule has 1 saturated carbocycles. The Kier molecular flexibility index (Phi) is 5.82. The SMILES string of the molecule is CCCCCOC(C)(C)C1CCC(C)CC1. The molecule has 0 radical (unpaired) electrons. The van der Waals surface area contributed by atoms with Crippen LogP contribution in [0.2, 0.25) is 0 Å². The fraction of sp³-hybridized carbons (Fsp3) is 1.00. The molecule has 0 N–H and O–H groups in total. The van der Waals surface area contributed by atoms with E-state index in [0.29, 0.717) is 0 Å². The average Bonchev–Trinajstić information content (AvgIpc) is 2.25. The molecule has 0 aromatic rings. The van der Waals surface area contributed by atoms with Gasteiger partial charge in [0.05, 0.1) is 5.60 Å². The van der Waals surface area contributed by atoms with Crippen LogP contribution in [0, 0.1) is 11.8 Å². The molecule has 1 nitrogen and oxygen atoms in total. The number of hydrogen-bond donors (Lipinski definition) is 0. The summed E-state index contributed by atoms with van der Waals surface area (Å²) in [5, 5.41) is 0. The van der Waals surface area contributed by atoms with Gasteiger partial charge in [-0.2, -0.15) is 0 Å². The third-order valence-electron chi connectivity index (χ3n) is 4.22. The summed E-state index contributed by atoms with van der Waals surface area (Å²) in [5.74, 6) is 1.72. The zero-order valence-corrected chi connectivity index (χ0v) is 11.7. The predicted molar refractivity (Wildman–Crippen MR) is 70.7 cm³/mol. The van der Waals surface area contributed by atoms with Crippen LogP contribution in [-0.4, -0.2) is 12.2 Å². The molecule has 1 rings (SSSR count). The number of rotatable bonds is 6. The maximum Gasteiger partial charge on any atom is 0.0654 e. The highest BCUT2D eigenvalue weighted by molar-refractivity contribution is 4.83. The van der Waals surface area contributed by atoms with E-state index in [1.807, 2.05) is 0 Å². The normalized spacial score (nSPS) is 27.0. The van der Waals surface area contributed by atoms with Crippen molar-refractivity contribution in [2.24, 2.45) is 11.8 Å². The van der Waals surface area contributed by atoms with Gasteiger partial charge in [-0.15, -0.1) is 0 Å². The Hall–Kier alpha value is -0.0400. The molecule has 0 bridgehead atoms. The Labute approximate surface area is 102 Å². The minimum atomic E-state index is 0.105. The molecular formula is C15H30O. The van der Waals surface area contributed by atoms with E-state index in [2.05, 4.69) is 27.7 Å². The number of hydrogen-bond acceptors (Lipinski definition) is 1. The summed E-state index contributed by atoms with van der Waals surface area (Å²) in [5.41, 5.74) is 0.105. The second-order valence-corrected chi connectivity index (χ2v) is 6.12. The van der Waals surface area contributed by atoms with Gasteiger partial charge in [0.25, 0.3) is 0 Å². The van der Waals surface area contributed by atoms with Gasteiger partial charge in [-0.3, -0.25) is 0 Å². The van der Waals surface area contributed by atoms with E-state index in [1.165, 1.54) is 44.9 Å². The second-order valence-electron chi connectivity index (χ2n) is 6.12. The first-order valence-electron chi connectivity index (χ1n) is 7.20. The molecule has 0 aliphatic heterocycles. The van der Waals surface area contributed by atoms with E-state index < -0.39 is 0 Å². The van der Waals surface area contributed by atoms with E-state index in [4.69, 9.17) is 4.74 Å². The lowest BCUT2D eigenvalue weighted by Crippen LogP contribution is -2.37. The van der Waals surface area contributed by atoms with Gasteiger partial charge >= 0.3 is 0 Å². The van der Waals surface area contributed by atoms with E-state index in [9.17, 15) is 0 Å². The minimum absolute atomic E-state index is 0.105. The van der Waals surface area contributed by atoms with Gasteiger partial charge in [-0.25, -0.2) is 0 Å². The van der Waals surface area contributed by atoms with Crippen LogP contribution < -0.4 is 0 Å². The molecule has 0 saturated heterocycles. The lowest BCUT2D eigenvalue weighted by Gasteiger charge is -2.38. The Balaban J connectivity index is 2.26. The zero-order valence-electron chi connectivity index (χ0n) is 11.7. The molecule has 16 heavy (non-hydrogen) atoms. The Morgan fingerprint density at radius 1 is 1.06 bits per heavy atom. The fourth-order valence-electron chi connectivity index (χ4n) is 2.76. The Bertz CT molecular complexity index is 178. The van der Waals surface area contributed by atoms with Crippen LogP contribution in [0.25, 0.3) is 0 Å². The van der Waals surface area contributed by atoms with Crippen LogP contribution in [0.4, 0.5) is 0 Å². The van der Waals surface area contributed by atoms with Gasteiger partial charge in [0, 0.05) is 6.61 Å². The van der Waals surface area contributed by atoms with Crippen molar-refractivity contribution in [1.82, 2.24) is 0 Å². The van der Waals surface area contributed by atoms with Gasteiger partial charge in [-0.05, 0) is 44.9 Å². The lowest BCUT2D eigenvalue weighted by molar-refractivity contribution is -0.0739. The molecular weight excluding hydrogens is 196 g/mol. The highest BCUT2D eigenvalue weighted by Crippen LogP contribution is 2.37. The molecule has 0 atom stereocenters. The summed E-state index contributed by atoms with van der Waals surface area (Å²) in [6.45, 7) is 10.2. The zero-order chi connectivity index (χ0) is 12.0. The summed E-state index contributed by atoms with van der Waals surface area (Å²) < 4.78 is 6.11. The van der Waals surface area contributed by atoms with Crippen LogP contribution in [0.1, 0.15) is 72.6 Å². The van der Waals surface area contributed by atoms with Crippen LogP contribution in [0.15, 0.2) is 0 Å². The first-order chi connectivity index (χ1) is 7.56. The molecule has 0 amide bonds. The van der Waals surface area contributed by atoms with Gasteiger partial charge in [0.15, 0.2) is 0 Å². The number of ether oxygens (including phenoxy) is 1. The van der Waals surface area contributed by atoms with Crippen molar-refractivity contribution in [2.75, 3.05) is 6.61 Å². The Morgan fingerprint density at radius 3 is 2.25 bits per heavy atom. The van der Waals surface area contributed by atoms with E-state index in [-0.39, 0.29) is 5.60 Å². The highest BCUT2D eigenvalue weighted by atomic mass is 16.5. The summed E-state index contributed by atoms with van der Waals surface area (Å²) in [4.78, 5) is 0.